The van der Waals surface area contributed by atoms with Crippen molar-refractivity contribution in [1.29, 1.82) is 0 Å². The van der Waals surface area contributed by atoms with Crippen LogP contribution in [0.15, 0.2) is 48.5 Å². The first-order valence-electron chi connectivity index (χ1n) is 7.08. The topological polar surface area (TPSA) is 66.5 Å². The molecule has 23 heavy (non-hydrogen) atoms. The highest BCUT2D eigenvalue weighted by molar-refractivity contribution is 6.21. The third-order valence-corrected chi connectivity index (χ3v) is 3.61. The number of halogens is 1. The largest absolute Gasteiger partial charge is 0.280 e. The zero-order chi connectivity index (χ0) is 16.4. The van der Waals surface area contributed by atoms with Crippen LogP contribution in [0.4, 0.5) is 4.39 Å². The lowest BCUT2D eigenvalue weighted by molar-refractivity contribution is -0.124. The summed E-state index contributed by atoms with van der Waals surface area (Å²) in [7, 11) is 0. The Morgan fingerprint density at radius 2 is 1.52 bits per heavy atom. The molecule has 2 aromatic rings. The lowest BCUT2D eigenvalue weighted by Crippen LogP contribution is -2.45. The molecule has 0 bridgehead atoms. The average Bonchev–Trinajstić information content (AvgIpc) is 2.80. The molecule has 3 rings (SSSR count). The Hall–Kier alpha value is -3.02. The molecule has 1 aliphatic heterocycles. The van der Waals surface area contributed by atoms with E-state index < -0.39 is 17.7 Å². The quantitative estimate of drug-likeness (QED) is 0.879. The minimum Gasteiger partial charge on any atom is -0.273 e. The Labute approximate surface area is 131 Å². The number of benzene rings is 2. The first kappa shape index (κ1) is 14.9. The molecule has 0 aliphatic carbocycles. The van der Waals surface area contributed by atoms with Crippen molar-refractivity contribution in [2.45, 2.75) is 12.8 Å². The van der Waals surface area contributed by atoms with Crippen LogP contribution in [-0.2, 0) is 11.2 Å². The number of imide groups is 1. The van der Waals surface area contributed by atoms with E-state index in [0.717, 1.165) is 0 Å². The third-order valence-electron chi connectivity index (χ3n) is 3.61. The Balaban J connectivity index is 1.64. The predicted octanol–water partition coefficient (Wildman–Crippen LogP) is 2.09. The molecule has 0 saturated heterocycles. The lowest BCUT2D eigenvalue weighted by atomic mass is 10.1. The van der Waals surface area contributed by atoms with Crippen molar-refractivity contribution in [2.24, 2.45) is 0 Å². The predicted molar refractivity (Wildman–Crippen MR) is 79.8 cm³/mol. The van der Waals surface area contributed by atoms with Crippen LogP contribution in [-0.4, -0.2) is 22.7 Å². The summed E-state index contributed by atoms with van der Waals surface area (Å²) >= 11 is 0. The van der Waals surface area contributed by atoms with Gasteiger partial charge in [-0.2, -0.15) is 5.01 Å². The fourth-order valence-corrected chi connectivity index (χ4v) is 2.42. The molecular formula is C17H13FN2O3. The van der Waals surface area contributed by atoms with Crippen LogP contribution in [0.2, 0.25) is 0 Å². The smallest absolute Gasteiger partial charge is 0.273 e. The van der Waals surface area contributed by atoms with Crippen molar-refractivity contribution >= 4 is 17.7 Å². The van der Waals surface area contributed by atoms with Gasteiger partial charge in [0.15, 0.2) is 0 Å². The van der Waals surface area contributed by atoms with Gasteiger partial charge in [0.1, 0.15) is 5.82 Å². The summed E-state index contributed by atoms with van der Waals surface area (Å²) in [5, 5.41) is 0.703. The molecule has 0 aromatic heterocycles. The van der Waals surface area contributed by atoms with E-state index in [-0.39, 0.29) is 29.8 Å². The van der Waals surface area contributed by atoms with Gasteiger partial charge in [-0.15, -0.1) is 0 Å². The van der Waals surface area contributed by atoms with Gasteiger partial charge in [-0.1, -0.05) is 30.3 Å². The number of nitrogens with zero attached hydrogens (tertiary/aromatic N) is 1. The summed E-state index contributed by atoms with van der Waals surface area (Å²) in [6, 6.07) is 12.5. The van der Waals surface area contributed by atoms with Gasteiger partial charge in [-0.05, 0) is 30.2 Å². The maximum atomic E-state index is 13.5. The van der Waals surface area contributed by atoms with E-state index in [4.69, 9.17) is 0 Å². The van der Waals surface area contributed by atoms with E-state index in [2.05, 4.69) is 5.43 Å². The number of hydrogen-bond donors (Lipinski definition) is 1. The van der Waals surface area contributed by atoms with Crippen molar-refractivity contribution in [1.82, 2.24) is 10.4 Å². The molecule has 1 heterocycles. The number of fused-ring (bicyclic) bond motifs is 1. The highest BCUT2D eigenvalue weighted by Crippen LogP contribution is 2.20. The van der Waals surface area contributed by atoms with E-state index in [0.29, 0.717) is 10.6 Å². The number of carbonyl (C=O) groups excluding carboxylic acids is 3. The van der Waals surface area contributed by atoms with Crippen LogP contribution in [0.1, 0.15) is 32.7 Å². The fourth-order valence-electron chi connectivity index (χ4n) is 2.42. The number of nitrogens with one attached hydrogen (secondary N) is 1. The molecule has 1 aliphatic rings. The van der Waals surface area contributed by atoms with E-state index in [9.17, 15) is 18.8 Å². The van der Waals surface area contributed by atoms with Crippen LogP contribution in [0.25, 0.3) is 0 Å². The second-order valence-corrected chi connectivity index (χ2v) is 5.12. The summed E-state index contributed by atoms with van der Waals surface area (Å²) in [4.78, 5) is 36.1. The molecular weight excluding hydrogens is 299 g/mol. The molecule has 5 nitrogen and oxygen atoms in total. The van der Waals surface area contributed by atoms with Gasteiger partial charge in [0, 0.05) is 6.42 Å². The monoisotopic (exact) mass is 312 g/mol. The Morgan fingerprint density at radius 1 is 0.957 bits per heavy atom. The van der Waals surface area contributed by atoms with Crippen molar-refractivity contribution in [3.05, 3.63) is 71.0 Å². The average molecular weight is 312 g/mol. The summed E-state index contributed by atoms with van der Waals surface area (Å²) in [5.41, 5.74) is 3.21. The third kappa shape index (κ3) is 2.83. The molecule has 0 radical (unpaired) electrons. The summed E-state index contributed by atoms with van der Waals surface area (Å²) in [5.74, 6) is -2.04. The fraction of sp³-hybridized carbons (Fsp3) is 0.118. The molecule has 3 amide bonds. The van der Waals surface area contributed by atoms with Gasteiger partial charge < -0.3 is 0 Å². The number of aryl methyl sites for hydroxylation is 1. The molecule has 0 unspecified atom stereocenters. The maximum absolute atomic E-state index is 13.5. The first-order chi connectivity index (χ1) is 11.1. The molecule has 0 spiro atoms. The number of rotatable bonds is 4. The Kier molecular flexibility index (Phi) is 3.89. The number of hydrazine groups is 1. The number of carbonyl (C=O) groups is 3. The standard InChI is InChI=1S/C17H13FN2O3/c18-14-8-4-1-5-11(14)9-10-15(21)19-20-16(22)12-6-2-3-7-13(12)17(20)23/h1-8H,9-10H2,(H,19,21). The van der Waals surface area contributed by atoms with Gasteiger partial charge in [-0.3, -0.25) is 19.8 Å². The maximum Gasteiger partial charge on any atom is 0.280 e. The minimum absolute atomic E-state index is 0.0334. The van der Waals surface area contributed by atoms with Crippen molar-refractivity contribution < 1.29 is 18.8 Å². The molecule has 0 atom stereocenters. The lowest BCUT2D eigenvalue weighted by Gasteiger charge is -2.15. The summed E-state index contributed by atoms with van der Waals surface area (Å²) < 4.78 is 13.5. The summed E-state index contributed by atoms with van der Waals surface area (Å²) in [6.07, 6.45) is 0.149. The first-order valence-corrected chi connectivity index (χ1v) is 7.08. The second kappa shape index (κ2) is 6.00. The van der Waals surface area contributed by atoms with Crippen molar-refractivity contribution in [3.8, 4) is 0 Å². The molecule has 0 saturated carbocycles. The van der Waals surface area contributed by atoms with Gasteiger partial charge in [0.05, 0.1) is 11.1 Å². The molecule has 6 heteroatoms. The van der Waals surface area contributed by atoms with E-state index in [1.54, 1.807) is 30.3 Å². The highest BCUT2D eigenvalue weighted by Gasteiger charge is 2.36. The van der Waals surface area contributed by atoms with Crippen LogP contribution >= 0.6 is 0 Å². The van der Waals surface area contributed by atoms with E-state index in [1.165, 1.54) is 18.2 Å². The van der Waals surface area contributed by atoms with Gasteiger partial charge >= 0.3 is 0 Å². The zero-order valence-corrected chi connectivity index (χ0v) is 12.1. The molecule has 2 aromatic carbocycles. The van der Waals surface area contributed by atoms with Crippen LogP contribution in [0.3, 0.4) is 0 Å². The number of amides is 3. The molecule has 1 N–H and O–H groups in total. The summed E-state index contributed by atoms with van der Waals surface area (Å²) in [6.45, 7) is 0. The molecule has 0 fully saturated rings. The van der Waals surface area contributed by atoms with Crippen LogP contribution in [0.5, 0.6) is 0 Å². The van der Waals surface area contributed by atoms with Crippen LogP contribution in [0, 0.1) is 5.82 Å². The number of hydrogen-bond acceptors (Lipinski definition) is 3. The van der Waals surface area contributed by atoms with Crippen molar-refractivity contribution in [3.63, 3.8) is 0 Å². The van der Waals surface area contributed by atoms with Crippen molar-refractivity contribution in [2.75, 3.05) is 0 Å². The SMILES string of the molecule is O=C(CCc1ccccc1F)NN1C(=O)c2ccccc2C1=O. The van der Waals surface area contributed by atoms with Gasteiger partial charge in [-0.25, -0.2) is 4.39 Å². The van der Waals surface area contributed by atoms with E-state index >= 15 is 0 Å². The zero-order valence-electron chi connectivity index (χ0n) is 12.1. The van der Waals surface area contributed by atoms with Gasteiger partial charge in [0.2, 0.25) is 5.91 Å². The van der Waals surface area contributed by atoms with E-state index in [1.807, 2.05) is 0 Å². The Morgan fingerprint density at radius 3 is 2.13 bits per heavy atom. The van der Waals surface area contributed by atoms with Crippen LogP contribution < -0.4 is 5.43 Å². The Bertz CT molecular complexity index is 769. The second-order valence-electron chi connectivity index (χ2n) is 5.12. The highest BCUT2D eigenvalue weighted by atomic mass is 19.1. The minimum atomic E-state index is -0.565. The molecule has 116 valence electrons. The normalized spacial score (nSPS) is 13.2. The van der Waals surface area contributed by atoms with Gasteiger partial charge in [0.25, 0.3) is 11.8 Å².